The molecule has 0 spiro atoms. The van der Waals surface area contributed by atoms with Gasteiger partial charge in [0.2, 0.25) is 11.8 Å². The first-order chi connectivity index (χ1) is 11.2. The first-order valence-corrected chi connectivity index (χ1v) is 8.21. The number of amides is 2. The van der Waals surface area contributed by atoms with Gasteiger partial charge in [0.25, 0.3) is 0 Å². The summed E-state index contributed by atoms with van der Waals surface area (Å²) < 4.78 is 5.68. The number of carbonyl (C=O) groups excluding carboxylic acids is 2. The van der Waals surface area contributed by atoms with Crippen LogP contribution in [0.25, 0.3) is 0 Å². The number of nitrogens with two attached hydrogens (primary N) is 1. The van der Waals surface area contributed by atoms with Crippen LogP contribution in [-0.2, 0) is 15.0 Å². The Morgan fingerprint density at radius 3 is 2.29 bits per heavy atom. The number of hydrogen-bond donors (Lipinski definition) is 3. The molecule has 0 atom stereocenters. The molecule has 0 aliphatic carbocycles. The third kappa shape index (κ3) is 7.00. The molecule has 24 heavy (non-hydrogen) atoms. The molecule has 4 N–H and O–H groups in total. The van der Waals surface area contributed by atoms with E-state index in [-0.39, 0.29) is 30.3 Å². The smallest absolute Gasteiger partial charge is 0.239 e. The van der Waals surface area contributed by atoms with Crippen molar-refractivity contribution in [2.75, 3.05) is 26.2 Å². The number of carbonyl (C=O) groups is 2. The highest BCUT2D eigenvalue weighted by Gasteiger charge is 2.21. The molecule has 0 saturated heterocycles. The van der Waals surface area contributed by atoms with E-state index in [1.807, 2.05) is 24.3 Å². The van der Waals surface area contributed by atoms with Crippen molar-refractivity contribution < 1.29 is 14.3 Å². The topological polar surface area (TPSA) is 93.5 Å². The zero-order valence-electron chi connectivity index (χ0n) is 15.0. The minimum atomic E-state index is -0.346. The number of rotatable bonds is 9. The maximum absolute atomic E-state index is 11.8. The van der Waals surface area contributed by atoms with Gasteiger partial charge in [-0.1, -0.05) is 39.8 Å². The molecule has 0 heterocycles. The zero-order valence-corrected chi connectivity index (χ0v) is 15.0. The second kappa shape index (κ2) is 9.27. The van der Waals surface area contributed by atoms with Gasteiger partial charge in [0.15, 0.2) is 0 Å². The van der Waals surface area contributed by atoms with Crippen LogP contribution in [0.2, 0.25) is 0 Å². The van der Waals surface area contributed by atoms with Gasteiger partial charge in [-0.25, -0.2) is 0 Å². The maximum Gasteiger partial charge on any atom is 0.239 e. The molecule has 6 heteroatoms. The van der Waals surface area contributed by atoms with Crippen molar-refractivity contribution in [3.63, 3.8) is 0 Å². The molecule has 134 valence electrons. The molecular formula is C18H29N3O3. The Hall–Kier alpha value is -2.08. The van der Waals surface area contributed by atoms with E-state index in [1.54, 1.807) is 0 Å². The van der Waals surface area contributed by atoms with Crippen molar-refractivity contribution in [1.29, 1.82) is 0 Å². The van der Waals surface area contributed by atoms with E-state index in [9.17, 15) is 9.59 Å². The number of ether oxygens (including phenoxy) is 1. The summed E-state index contributed by atoms with van der Waals surface area (Å²) in [6.45, 7) is 9.29. The van der Waals surface area contributed by atoms with Crippen LogP contribution in [0.4, 0.5) is 0 Å². The molecule has 0 aliphatic heterocycles. The second-order valence-electron chi connectivity index (χ2n) is 6.87. The van der Waals surface area contributed by atoms with Crippen LogP contribution < -0.4 is 21.1 Å². The molecule has 0 bridgehead atoms. The molecule has 1 aromatic rings. The van der Waals surface area contributed by atoms with Crippen LogP contribution >= 0.6 is 0 Å². The average Bonchev–Trinajstić information content (AvgIpc) is 2.56. The third-order valence-corrected chi connectivity index (χ3v) is 3.58. The summed E-state index contributed by atoms with van der Waals surface area (Å²) >= 11 is 0. The Labute approximate surface area is 144 Å². The van der Waals surface area contributed by atoms with Crippen molar-refractivity contribution in [2.24, 2.45) is 11.7 Å². The van der Waals surface area contributed by atoms with Crippen LogP contribution in [0, 0.1) is 5.92 Å². The molecule has 2 amide bonds. The Kier molecular flexibility index (Phi) is 7.71. The lowest BCUT2D eigenvalue weighted by atomic mass is 9.84. The molecule has 1 rings (SSSR count). The van der Waals surface area contributed by atoms with Gasteiger partial charge >= 0.3 is 0 Å². The number of benzene rings is 1. The van der Waals surface area contributed by atoms with E-state index in [4.69, 9.17) is 10.5 Å². The Balaban J connectivity index is 2.52. The second-order valence-corrected chi connectivity index (χ2v) is 6.87. The number of hydrogen-bond acceptors (Lipinski definition) is 4. The van der Waals surface area contributed by atoms with E-state index in [1.165, 1.54) is 0 Å². The fourth-order valence-corrected chi connectivity index (χ4v) is 2.00. The molecular weight excluding hydrogens is 306 g/mol. The summed E-state index contributed by atoms with van der Waals surface area (Å²) in [5, 5.41) is 5.28. The fraction of sp³-hybridized carbons (Fsp3) is 0.556. The molecule has 0 radical (unpaired) electrons. The minimum absolute atomic E-state index is 0.0614. The first kappa shape index (κ1) is 20.0. The highest BCUT2D eigenvalue weighted by molar-refractivity contribution is 5.85. The Bertz CT molecular complexity index is 539. The van der Waals surface area contributed by atoms with Gasteiger partial charge in [0, 0.05) is 12.0 Å². The van der Waals surface area contributed by atoms with E-state index in [0.29, 0.717) is 19.1 Å². The van der Waals surface area contributed by atoms with Gasteiger partial charge in [0.05, 0.1) is 19.7 Å². The molecule has 0 unspecified atom stereocenters. The minimum Gasteiger partial charge on any atom is -0.493 e. The van der Waals surface area contributed by atoms with E-state index >= 15 is 0 Å². The summed E-state index contributed by atoms with van der Waals surface area (Å²) in [5.41, 5.74) is 6.04. The number of nitrogens with one attached hydrogen (secondary N) is 2. The standard InChI is InChI=1S/C18H29N3O3/c1-13(2)11-24-15-7-5-14(6-8-15)18(3,4)12-21-17(23)10-20-16(22)9-19/h5-8,13H,9-12,19H2,1-4H3,(H,20,22)(H,21,23). The highest BCUT2D eigenvalue weighted by Crippen LogP contribution is 2.24. The zero-order chi connectivity index (χ0) is 18.2. The molecule has 1 aromatic carbocycles. The summed E-state index contributed by atoms with van der Waals surface area (Å²) in [7, 11) is 0. The van der Waals surface area contributed by atoms with Crippen molar-refractivity contribution >= 4 is 11.8 Å². The van der Waals surface area contributed by atoms with Crippen LogP contribution in [0.1, 0.15) is 33.3 Å². The van der Waals surface area contributed by atoms with Gasteiger partial charge in [0.1, 0.15) is 5.75 Å². The predicted octanol–water partition coefficient (Wildman–Crippen LogP) is 1.19. The Morgan fingerprint density at radius 1 is 1.12 bits per heavy atom. The average molecular weight is 335 g/mol. The lowest BCUT2D eigenvalue weighted by molar-refractivity contribution is -0.125. The van der Waals surface area contributed by atoms with E-state index in [2.05, 4.69) is 38.3 Å². The van der Waals surface area contributed by atoms with Crippen LogP contribution in [0.15, 0.2) is 24.3 Å². The summed E-state index contributed by atoms with van der Waals surface area (Å²) in [4.78, 5) is 22.8. The van der Waals surface area contributed by atoms with Gasteiger partial charge in [-0.2, -0.15) is 0 Å². The first-order valence-electron chi connectivity index (χ1n) is 8.21. The van der Waals surface area contributed by atoms with Crippen LogP contribution in [-0.4, -0.2) is 38.1 Å². The monoisotopic (exact) mass is 335 g/mol. The van der Waals surface area contributed by atoms with Gasteiger partial charge < -0.3 is 21.1 Å². The molecule has 0 aromatic heterocycles. The normalized spacial score (nSPS) is 11.2. The van der Waals surface area contributed by atoms with Gasteiger partial charge in [-0.3, -0.25) is 9.59 Å². The van der Waals surface area contributed by atoms with Gasteiger partial charge in [-0.05, 0) is 23.6 Å². The van der Waals surface area contributed by atoms with Crippen LogP contribution in [0.3, 0.4) is 0 Å². The third-order valence-electron chi connectivity index (χ3n) is 3.58. The SMILES string of the molecule is CC(C)COc1ccc(C(C)(C)CNC(=O)CNC(=O)CN)cc1. The highest BCUT2D eigenvalue weighted by atomic mass is 16.5. The van der Waals surface area contributed by atoms with E-state index < -0.39 is 0 Å². The fourth-order valence-electron chi connectivity index (χ4n) is 2.00. The largest absolute Gasteiger partial charge is 0.493 e. The predicted molar refractivity (Wildman–Crippen MR) is 94.9 cm³/mol. The molecule has 0 aliphatic rings. The van der Waals surface area contributed by atoms with Crippen molar-refractivity contribution in [3.8, 4) is 5.75 Å². The van der Waals surface area contributed by atoms with Crippen molar-refractivity contribution in [1.82, 2.24) is 10.6 Å². The summed E-state index contributed by atoms with van der Waals surface area (Å²) in [6.07, 6.45) is 0. The lowest BCUT2D eigenvalue weighted by Gasteiger charge is -2.26. The molecule has 6 nitrogen and oxygen atoms in total. The van der Waals surface area contributed by atoms with Crippen molar-refractivity contribution in [3.05, 3.63) is 29.8 Å². The quantitative estimate of drug-likeness (QED) is 0.632. The summed E-state index contributed by atoms with van der Waals surface area (Å²) in [6, 6.07) is 7.92. The van der Waals surface area contributed by atoms with Crippen molar-refractivity contribution in [2.45, 2.75) is 33.1 Å². The molecule has 0 saturated carbocycles. The maximum atomic E-state index is 11.8. The van der Waals surface area contributed by atoms with Gasteiger partial charge in [-0.15, -0.1) is 0 Å². The van der Waals surface area contributed by atoms with E-state index in [0.717, 1.165) is 11.3 Å². The van der Waals surface area contributed by atoms with Crippen LogP contribution in [0.5, 0.6) is 5.75 Å². The molecule has 0 fully saturated rings. The Morgan fingerprint density at radius 2 is 1.75 bits per heavy atom. The summed E-state index contributed by atoms with van der Waals surface area (Å²) in [5.74, 6) is 0.746. The lowest BCUT2D eigenvalue weighted by Crippen LogP contribution is -2.43.